The van der Waals surface area contributed by atoms with Crippen LogP contribution in [0.4, 0.5) is 0 Å². The number of nitrogens with two attached hydrogens (primary N) is 1. The van der Waals surface area contributed by atoms with Gasteiger partial charge >= 0.3 is 5.97 Å². The van der Waals surface area contributed by atoms with Crippen LogP contribution in [0, 0.1) is 0 Å². The number of sulfone groups is 1. The second-order valence-corrected chi connectivity index (χ2v) is 7.23. The van der Waals surface area contributed by atoms with Crippen molar-refractivity contribution in [1.29, 1.82) is 0 Å². The van der Waals surface area contributed by atoms with Crippen molar-refractivity contribution < 1.29 is 23.1 Å². The number of carbonyl (C=O) groups is 2. The Balaban J connectivity index is 4.91. The standard InChI is InChI=1S/C11H22N2O5S/c1-5-13(11(2,3)10(15)16)9(14)8(12)6-7-19(4,17)18/h8H,5-7,12H2,1-4H3,(H,15,16). The van der Waals surface area contributed by atoms with Gasteiger partial charge in [-0.25, -0.2) is 13.2 Å². The molecule has 0 rings (SSSR count). The molecule has 1 amide bonds. The van der Waals surface area contributed by atoms with E-state index in [0.29, 0.717) is 0 Å². The van der Waals surface area contributed by atoms with E-state index in [1.165, 1.54) is 13.8 Å². The third-order valence-corrected chi connectivity index (χ3v) is 3.87. The molecule has 0 fully saturated rings. The molecule has 0 aromatic carbocycles. The molecule has 0 aliphatic rings. The van der Waals surface area contributed by atoms with Gasteiger partial charge in [0.15, 0.2) is 0 Å². The highest BCUT2D eigenvalue weighted by molar-refractivity contribution is 7.90. The minimum atomic E-state index is -3.20. The number of rotatable bonds is 7. The van der Waals surface area contributed by atoms with Gasteiger partial charge in [-0.05, 0) is 27.2 Å². The molecule has 1 atom stereocenters. The highest BCUT2D eigenvalue weighted by Gasteiger charge is 2.38. The molecule has 0 aliphatic heterocycles. The van der Waals surface area contributed by atoms with Crippen LogP contribution in [0.5, 0.6) is 0 Å². The topological polar surface area (TPSA) is 118 Å². The molecular weight excluding hydrogens is 272 g/mol. The van der Waals surface area contributed by atoms with Gasteiger partial charge in [-0.3, -0.25) is 4.79 Å². The van der Waals surface area contributed by atoms with Gasteiger partial charge in [0.25, 0.3) is 0 Å². The predicted molar refractivity (Wildman–Crippen MR) is 71.4 cm³/mol. The lowest BCUT2D eigenvalue weighted by molar-refractivity contribution is -0.157. The van der Waals surface area contributed by atoms with Crippen LogP contribution in [0.15, 0.2) is 0 Å². The van der Waals surface area contributed by atoms with Gasteiger partial charge in [-0.1, -0.05) is 0 Å². The minimum Gasteiger partial charge on any atom is -0.480 e. The third-order valence-electron chi connectivity index (χ3n) is 2.90. The average molecular weight is 294 g/mol. The molecule has 0 saturated carbocycles. The number of likely N-dealkylation sites (N-methyl/N-ethyl adjacent to an activating group) is 1. The van der Waals surface area contributed by atoms with E-state index in [2.05, 4.69) is 0 Å². The van der Waals surface area contributed by atoms with Crippen LogP contribution in [0.25, 0.3) is 0 Å². The van der Waals surface area contributed by atoms with E-state index in [1.807, 2.05) is 0 Å². The van der Waals surface area contributed by atoms with Crippen molar-refractivity contribution in [3.8, 4) is 0 Å². The van der Waals surface area contributed by atoms with Crippen molar-refractivity contribution in [2.45, 2.75) is 38.8 Å². The fraction of sp³-hybridized carbons (Fsp3) is 0.818. The van der Waals surface area contributed by atoms with Gasteiger partial charge in [0, 0.05) is 12.8 Å². The number of amides is 1. The van der Waals surface area contributed by atoms with Crippen LogP contribution < -0.4 is 5.73 Å². The highest BCUT2D eigenvalue weighted by atomic mass is 32.2. The summed E-state index contributed by atoms with van der Waals surface area (Å²) in [6.45, 7) is 4.64. The second-order valence-electron chi connectivity index (χ2n) is 4.97. The average Bonchev–Trinajstić information content (AvgIpc) is 2.24. The highest BCUT2D eigenvalue weighted by Crippen LogP contribution is 2.16. The maximum atomic E-state index is 12.1. The lowest BCUT2D eigenvalue weighted by Crippen LogP contribution is -2.57. The van der Waals surface area contributed by atoms with Crippen LogP contribution in [-0.4, -0.2) is 60.4 Å². The Morgan fingerprint density at radius 2 is 1.84 bits per heavy atom. The smallest absolute Gasteiger partial charge is 0.329 e. The van der Waals surface area contributed by atoms with E-state index in [1.54, 1.807) is 6.92 Å². The molecule has 0 bridgehead atoms. The Labute approximate surface area is 113 Å². The molecule has 0 radical (unpaired) electrons. The first-order valence-corrected chi connectivity index (χ1v) is 7.97. The first-order valence-electron chi connectivity index (χ1n) is 5.91. The molecular formula is C11H22N2O5S. The van der Waals surface area contributed by atoms with Crippen LogP contribution in [0.3, 0.4) is 0 Å². The van der Waals surface area contributed by atoms with Crippen LogP contribution in [-0.2, 0) is 19.4 Å². The summed E-state index contributed by atoms with van der Waals surface area (Å²) in [5.41, 5.74) is 4.27. The number of aliphatic carboxylic acids is 1. The second kappa shape index (κ2) is 6.33. The molecule has 3 N–H and O–H groups in total. The monoisotopic (exact) mass is 294 g/mol. The first-order chi connectivity index (χ1) is 8.43. The summed E-state index contributed by atoms with van der Waals surface area (Å²) in [6, 6.07) is -1.02. The van der Waals surface area contributed by atoms with Crippen LogP contribution in [0.2, 0.25) is 0 Å². The fourth-order valence-corrected chi connectivity index (χ4v) is 2.29. The molecule has 19 heavy (non-hydrogen) atoms. The Morgan fingerprint density at radius 1 is 1.37 bits per heavy atom. The molecule has 0 saturated heterocycles. The molecule has 0 heterocycles. The summed E-state index contributed by atoms with van der Waals surface area (Å²) >= 11 is 0. The largest absolute Gasteiger partial charge is 0.480 e. The Bertz CT molecular complexity index is 444. The zero-order valence-corrected chi connectivity index (χ0v) is 12.5. The number of hydrogen-bond acceptors (Lipinski definition) is 5. The normalized spacial score (nSPS) is 13.9. The Kier molecular flexibility index (Phi) is 5.95. The molecule has 7 nitrogen and oxygen atoms in total. The Hall–Kier alpha value is -1.15. The molecule has 8 heteroatoms. The van der Waals surface area contributed by atoms with Crippen molar-refractivity contribution in [1.82, 2.24) is 4.90 Å². The van der Waals surface area contributed by atoms with Crippen LogP contribution >= 0.6 is 0 Å². The van der Waals surface area contributed by atoms with Gasteiger partial charge < -0.3 is 15.7 Å². The summed E-state index contributed by atoms with van der Waals surface area (Å²) in [5, 5.41) is 9.10. The summed E-state index contributed by atoms with van der Waals surface area (Å²) < 4.78 is 22.1. The van der Waals surface area contributed by atoms with E-state index >= 15 is 0 Å². The van der Waals surface area contributed by atoms with E-state index in [-0.39, 0.29) is 18.7 Å². The van der Waals surface area contributed by atoms with E-state index in [9.17, 15) is 18.0 Å². The fourth-order valence-electron chi connectivity index (χ4n) is 1.61. The maximum Gasteiger partial charge on any atom is 0.329 e. The first kappa shape index (κ1) is 17.8. The maximum absolute atomic E-state index is 12.1. The summed E-state index contributed by atoms with van der Waals surface area (Å²) in [4.78, 5) is 24.4. The van der Waals surface area contributed by atoms with Crippen molar-refractivity contribution >= 4 is 21.7 Å². The van der Waals surface area contributed by atoms with Gasteiger partial charge in [0.05, 0.1) is 11.8 Å². The zero-order valence-electron chi connectivity index (χ0n) is 11.7. The number of carboxylic acids is 1. The molecule has 0 aromatic rings. The number of carboxylic acid groups (broad SMARTS) is 1. The predicted octanol–water partition coefficient (Wildman–Crippen LogP) is -0.540. The van der Waals surface area contributed by atoms with Crippen molar-refractivity contribution in [3.05, 3.63) is 0 Å². The van der Waals surface area contributed by atoms with E-state index in [0.717, 1.165) is 11.2 Å². The third kappa shape index (κ3) is 5.15. The lowest BCUT2D eigenvalue weighted by atomic mass is 10.0. The Morgan fingerprint density at radius 3 is 2.16 bits per heavy atom. The van der Waals surface area contributed by atoms with Crippen molar-refractivity contribution in [3.63, 3.8) is 0 Å². The number of carbonyl (C=O) groups excluding carboxylic acids is 1. The summed E-state index contributed by atoms with van der Waals surface area (Å²) in [5.74, 6) is -1.90. The van der Waals surface area contributed by atoms with Crippen LogP contribution in [0.1, 0.15) is 27.2 Å². The molecule has 0 aromatic heterocycles. The SMILES string of the molecule is CCN(C(=O)C(N)CCS(C)(=O)=O)C(C)(C)C(=O)O. The summed E-state index contributed by atoms with van der Waals surface area (Å²) in [6.07, 6.45) is 1.03. The zero-order chi connectivity index (χ0) is 15.4. The van der Waals surface area contributed by atoms with E-state index < -0.39 is 33.3 Å². The minimum absolute atomic E-state index is 0.0239. The van der Waals surface area contributed by atoms with Gasteiger partial charge in [0.1, 0.15) is 15.4 Å². The summed E-state index contributed by atoms with van der Waals surface area (Å²) in [7, 11) is -3.20. The molecule has 0 spiro atoms. The van der Waals surface area contributed by atoms with Crippen molar-refractivity contribution in [2.75, 3.05) is 18.6 Å². The van der Waals surface area contributed by atoms with Crippen molar-refractivity contribution in [2.24, 2.45) is 5.73 Å². The van der Waals surface area contributed by atoms with Gasteiger partial charge in [-0.15, -0.1) is 0 Å². The number of nitrogens with zero attached hydrogens (tertiary/aromatic N) is 1. The van der Waals surface area contributed by atoms with E-state index in [4.69, 9.17) is 10.8 Å². The molecule has 112 valence electrons. The molecule has 0 aliphatic carbocycles. The molecule has 1 unspecified atom stereocenters. The van der Waals surface area contributed by atoms with Gasteiger partial charge in [0.2, 0.25) is 5.91 Å². The lowest BCUT2D eigenvalue weighted by Gasteiger charge is -2.35. The van der Waals surface area contributed by atoms with Gasteiger partial charge in [-0.2, -0.15) is 0 Å². The quantitative estimate of drug-likeness (QED) is 0.651. The number of hydrogen-bond donors (Lipinski definition) is 2.